The first kappa shape index (κ1) is 21.4. The van der Waals surface area contributed by atoms with Crippen molar-refractivity contribution in [1.29, 1.82) is 0 Å². The molecule has 1 heterocycles. The minimum atomic E-state index is -0.512. The fraction of sp³-hybridized carbons (Fsp3) is 0.250. The Morgan fingerprint density at radius 2 is 2.07 bits per heavy atom. The van der Waals surface area contributed by atoms with Gasteiger partial charge < -0.3 is 10.3 Å². The van der Waals surface area contributed by atoms with Gasteiger partial charge in [-0.1, -0.05) is 24.6 Å². The molecule has 10 heteroatoms. The number of non-ortho nitro benzene ring substituents is 1. The van der Waals surface area contributed by atoms with Crippen LogP contribution in [-0.2, 0) is 11.3 Å². The van der Waals surface area contributed by atoms with Crippen LogP contribution in [0.4, 0.5) is 11.4 Å². The quantitative estimate of drug-likeness (QED) is 0.439. The van der Waals surface area contributed by atoms with Crippen molar-refractivity contribution in [2.75, 3.05) is 18.4 Å². The number of hydrogen-bond donors (Lipinski definition) is 2. The van der Waals surface area contributed by atoms with Crippen LogP contribution in [-0.4, -0.2) is 38.8 Å². The van der Waals surface area contributed by atoms with Gasteiger partial charge in [-0.05, 0) is 37.2 Å². The van der Waals surface area contributed by atoms with E-state index in [2.05, 4.69) is 15.3 Å². The van der Waals surface area contributed by atoms with Crippen molar-refractivity contribution in [2.24, 2.45) is 0 Å². The fourth-order valence-corrected chi connectivity index (χ4v) is 3.14. The molecule has 30 heavy (non-hydrogen) atoms. The highest BCUT2D eigenvalue weighted by atomic mass is 35.5. The van der Waals surface area contributed by atoms with Crippen LogP contribution in [0.25, 0.3) is 10.9 Å². The van der Waals surface area contributed by atoms with Crippen LogP contribution in [0.5, 0.6) is 0 Å². The first-order valence-electron chi connectivity index (χ1n) is 9.22. The molecule has 3 aromatic rings. The second kappa shape index (κ2) is 9.02. The molecule has 2 aromatic carbocycles. The molecule has 0 bridgehead atoms. The third-order valence-corrected chi connectivity index (χ3v) is 4.85. The summed E-state index contributed by atoms with van der Waals surface area (Å²) >= 11 is 5.99. The second-order valence-corrected chi connectivity index (χ2v) is 7.22. The van der Waals surface area contributed by atoms with Gasteiger partial charge in [-0.2, -0.15) is 0 Å². The van der Waals surface area contributed by atoms with Gasteiger partial charge in [0.25, 0.3) is 11.2 Å². The summed E-state index contributed by atoms with van der Waals surface area (Å²) in [6.45, 7) is 4.43. The maximum atomic E-state index is 12.5. The summed E-state index contributed by atoms with van der Waals surface area (Å²) in [5.74, 6) is 0.0857. The van der Waals surface area contributed by atoms with Gasteiger partial charge in [0.1, 0.15) is 5.82 Å². The van der Waals surface area contributed by atoms with Crippen molar-refractivity contribution in [3.63, 3.8) is 0 Å². The van der Waals surface area contributed by atoms with Crippen molar-refractivity contribution in [3.8, 4) is 0 Å². The van der Waals surface area contributed by atoms with E-state index in [1.54, 1.807) is 36.1 Å². The number of hydrogen-bond acceptors (Lipinski definition) is 6. The summed E-state index contributed by atoms with van der Waals surface area (Å²) < 4.78 is 0. The molecule has 2 N–H and O–H groups in total. The molecule has 0 aliphatic heterocycles. The first-order valence-corrected chi connectivity index (χ1v) is 9.60. The molecule has 0 aliphatic rings. The molecular weight excluding hydrogens is 410 g/mol. The number of aryl methyl sites for hydroxylation is 1. The highest BCUT2D eigenvalue weighted by Crippen LogP contribution is 2.22. The zero-order valence-electron chi connectivity index (χ0n) is 16.4. The van der Waals surface area contributed by atoms with E-state index in [0.29, 0.717) is 34.0 Å². The molecule has 156 valence electrons. The minimum absolute atomic E-state index is 0.0237. The number of carbonyl (C=O) groups is 1. The lowest BCUT2D eigenvalue weighted by molar-refractivity contribution is -0.384. The molecule has 3 rings (SSSR count). The Morgan fingerprint density at radius 3 is 2.77 bits per heavy atom. The van der Waals surface area contributed by atoms with Gasteiger partial charge in [-0.3, -0.25) is 24.6 Å². The Bertz CT molecular complexity index is 1180. The predicted molar refractivity (Wildman–Crippen MR) is 115 cm³/mol. The number of anilines is 1. The predicted octanol–water partition coefficient (Wildman–Crippen LogP) is 3.25. The normalized spacial score (nSPS) is 11.1. The number of nitro groups is 1. The number of nitrogens with one attached hydrogen (secondary N) is 2. The number of nitrogens with zero attached hydrogens (tertiary/aromatic N) is 3. The van der Waals surface area contributed by atoms with Crippen LogP contribution < -0.4 is 10.9 Å². The van der Waals surface area contributed by atoms with Crippen molar-refractivity contribution in [2.45, 2.75) is 20.4 Å². The molecule has 1 aromatic heterocycles. The van der Waals surface area contributed by atoms with Crippen LogP contribution in [0.3, 0.4) is 0 Å². The van der Waals surface area contributed by atoms with E-state index in [-0.39, 0.29) is 30.2 Å². The molecule has 0 radical (unpaired) electrons. The maximum Gasteiger partial charge on any atom is 0.271 e. The summed E-state index contributed by atoms with van der Waals surface area (Å²) in [5.41, 5.74) is 1.21. The summed E-state index contributed by atoms with van der Waals surface area (Å²) in [4.78, 5) is 44.2. The third-order valence-electron chi connectivity index (χ3n) is 4.61. The number of rotatable bonds is 7. The van der Waals surface area contributed by atoms with Gasteiger partial charge in [0, 0.05) is 17.2 Å². The van der Waals surface area contributed by atoms with E-state index in [0.717, 1.165) is 5.56 Å². The first-order chi connectivity index (χ1) is 14.3. The Labute approximate surface area is 176 Å². The monoisotopic (exact) mass is 429 g/mol. The van der Waals surface area contributed by atoms with Gasteiger partial charge >= 0.3 is 0 Å². The molecule has 0 fully saturated rings. The fourth-order valence-electron chi connectivity index (χ4n) is 2.98. The molecular formula is C20H20ClN5O4. The number of carbonyl (C=O) groups excluding carboxylic acids is 1. The maximum absolute atomic E-state index is 12.5. The lowest BCUT2D eigenvalue weighted by Crippen LogP contribution is -2.34. The molecule has 0 saturated carbocycles. The average Bonchev–Trinajstić information content (AvgIpc) is 2.68. The lowest BCUT2D eigenvalue weighted by atomic mass is 10.2. The standard InChI is InChI=1S/C20H20ClN5O4/c1-3-25(10-18-22-17-8-13(21)5-7-15(17)20(28)24-18)11-19(27)23-16-9-14(26(29)30)6-4-12(16)2/h4-9H,3,10-11H2,1-2H3,(H,23,27)(H,22,24,28). The molecule has 0 aliphatic carbocycles. The number of amides is 1. The van der Waals surface area contributed by atoms with Crippen molar-refractivity contribution in [1.82, 2.24) is 14.9 Å². The lowest BCUT2D eigenvalue weighted by Gasteiger charge is -2.19. The van der Waals surface area contributed by atoms with Crippen LogP contribution in [0.1, 0.15) is 18.3 Å². The zero-order chi connectivity index (χ0) is 21.8. The van der Waals surface area contributed by atoms with Crippen molar-refractivity contribution >= 4 is 39.8 Å². The number of halogens is 1. The zero-order valence-corrected chi connectivity index (χ0v) is 17.2. The Morgan fingerprint density at radius 1 is 1.30 bits per heavy atom. The average molecular weight is 430 g/mol. The number of benzene rings is 2. The van der Waals surface area contributed by atoms with E-state index >= 15 is 0 Å². The smallest absolute Gasteiger partial charge is 0.271 e. The van der Waals surface area contributed by atoms with E-state index in [1.165, 1.54) is 12.1 Å². The molecule has 9 nitrogen and oxygen atoms in total. The Balaban J connectivity index is 1.74. The summed E-state index contributed by atoms with van der Waals surface area (Å²) in [6, 6.07) is 9.15. The molecule has 1 amide bonds. The van der Waals surface area contributed by atoms with Gasteiger partial charge in [0.2, 0.25) is 5.91 Å². The molecule has 0 saturated heterocycles. The van der Waals surface area contributed by atoms with Crippen molar-refractivity contribution < 1.29 is 9.72 Å². The Kier molecular flexibility index (Phi) is 6.43. The molecule has 0 spiro atoms. The number of H-pyrrole nitrogens is 1. The number of aromatic nitrogens is 2. The van der Waals surface area contributed by atoms with E-state index < -0.39 is 4.92 Å². The summed E-state index contributed by atoms with van der Waals surface area (Å²) in [6.07, 6.45) is 0. The molecule has 0 unspecified atom stereocenters. The van der Waals surface area contributed by atoms with Crippen LogP contribution >= 0.6 is 11.6 Å². The second-order valence-electron chi connectivity index (χ2n) is 6.78. The topological polar surface area (TPSA) is 121 Å². The van der Waals surface area contributed by atoms with Gasteiger partial charge in [-0.25, -0.2) is 4.98 Å². The van der Waals surface area contributed by atoms with E-state index in [9.17, 15) is 19.7 Å². The van der Waals surface area contributed by atoms with Crippen molar-refractivity contribution in [3.05, 3.63) is 73.3 Å². The van der Waals surface area contributed by atoms with E-state index in [4.69, 9.17) is 11.6 Å². The number of likely N-dealkylation sites (N-methyl/N-ethyl adjacent to an activating group) is 1. The van der Waals surface area contributed by atoms with Crippen LogP contribution in [0, 0.1) is 17.0 Å². The van der Waals surface area contributed by atoms with Crippen LogP contribution in [0.2, 0.25) is 5.02 Å². The van der Waals surface area contributed by atoms with Crippen LogP contribution in [0.15, 0.2) is 41.2 Å². The van der Waals surface area contributed by atoms with E-state index in [1.807, 2.05) is 6.92 Å². The SMILES string of the molecule is CCN(CC(=O)Nc1cc([N+](=O)[O-])ccc1C)Cc1nc2cc(Cl)ccc2c(=O)[nH]1. The highest BCUT2D eigenvalue weighted by Gasteiger charge is 2.15. The van der Waals surface area contributed by atoms with Gasteiger partial charge in [0.05, 0.1) is 34.6 Å². The number of nitro benzene ring substituents is 1. The minimum Gasteiger partial charge on any atom is -0.324 e. The Hall–Kier alpha value is -3.30. The number of fused-ring (bicyclic) bond motifs is 1. The third kappa shape index (κ3) is 5.00. The summed E-state index contributed by atoms with van der Waals surface area (Å²) in [5, 5.41) is 14.6. The summed E-state index contributed by atoms with van der Waals surface area (Å²) in [7, 11) is 0. The largest absolute Gasteiger partial charge is 0.324 e. The van der Waals surface area contributed by atoms with Gasteiger partial charge in [0.15, 0.2) is 0 Å². The van der Waals surface area contributed by atoms with Gasteiger partial charge in [-0.15, -0.1) is 0 Å². The molecule has 0 atom stereocenters. The highest BCUT2D eigenvalue weighted by molar-refractivity contribution is 6.31. The number of aromatic amines is 1.